The van der Waals surface area contributed by atoms with Crippen LogP contribution in [-0.4, -0.2) is 84.5 Å². The van der Waals surface area contributed by atoms with Crippen molar-refractivity contribution >= 4 is 45.8 Å². The Morgan fingerprint density at radius 2 is 1.65 bits per heavy atom. The fourth-order valence-electron chi connectivity index (χ4n) is 6.18. The molecule has 0 aliphatic carbocycles. The minimum atomic E-state index is -0.538. The van der Waals surface area contributed by atoms with Gasteiger partial charge >= 0.3 is 12.1 Å². The maximum atomic E-state index is 14.4. The normalized spacial score (nSPS) is 19.2. The van der Waals surface area contributed by atoms with Gasteiger partial charge in [-0.2, -0.15) is 0 Å². The Bertz CT molecular complexity index is 1780. The molecule has 0 unspecified atom stereocenters. The Morgan fingerprint density at radius 1 is 0.922 bits per heavy atom. The first-order valence-electron chi connectivity index (χ1n) is 17.6. The lowest BCUT2D eigenvalue weighted by Crippen LogP contribution is -2.48. The summed E-state index contributed by atoms with van der Waals surface area (Å²) in [6, 6.07) is 26.5. The summed E-state index contributed by atoms with van der Waals surface area (Å²) in [4.78, 5) is 43.9. The van der Waals surface area contributed by atoms with Crippen molar-refractivity contribution in [1.29, 1.82) is 0 Å². The number of benzene rings is 4. The average Bonchev–Trinajstić information content (AvgIpc) is 3.13. The maximum Gasteiger partial charge on any atom is 0.323 e. The molecule has 4 atom stereocenters. The van der Waals surface area contributed by atoms with E-state index in [1.165, 1.54) is 0 Å². The molecule has 4 aromatic carbocycles. The van der Waals surface area contributed by atoms with Gasteiger partial charge in [-0.15, -0.1) is 0 Å². The molecule has 270 valence electrons. The van der Waals surface area contributed by atoms with Gasteiger partial charge in [0.05, 0.1) is 36.1 Å². The highest BCUT2D eigenvalue weighted by molar-refractivity contribution is 6.03. The number of fused-ring (bicyclic) bond motifs is 2. The van der Waals surface area contributed by atoms with Crippen molar-refractivity contribution in [2.45, 2.75) is 58.3 Å². The Labute approximate surface area is 299 Å². The predicted molar refractivity (Wildman–Crippen MR) is 202 cm³/mol. The quantitative estimate of drug-likeness (QED) is 0.159. The summed E-state index contributed by atoms with van der Waals surface area (Å²) in [5.74, 6) is -0.172. The third-order valence-electron chi connectivity index (χ3n) is 9.17. The largest absolute Gasteiger partial charge is 0.490 e. The SMILES string of the molecule is C[C@H]1CCCCO[C@H](CN(C)C(=O)Nc2cccc3ccccc23)[C@@H](C)CN([C@@H](C)CO)C(=O)c2cc(NC(=O)Nc3ccccc3)ccc2O1. The average molecular weight is 696 g/mol. The Hall–Kier alpha value is -5.13. The lowest BCUT2D eigenvalue weighted by atomic mass is 10.0. The van der Waals surface area contributed by atoms with Crippen molar-refractivity contribution in [3.63, 3.8) is 0 Å². The number of urea groups is 2. The number of nitrogens with one attached hydrogen (secondary N) is 3. The molecule has 4 aromatic rings. The summed E-state index contributed by atoms with van der Waals surface area (Å²) in [5, 5.41) is 20.9. The van der Waals surface area contributed by atoms with E-state index in [4.69, 9.17) is 9.47 Å². The number of carbonyl (C=O) groups excluding carboxylic acids is 3. The van der Waals surface area contributed by atoms with E-state index in [9.17, 15) is 19.5 Å². The number of hydrogen-bond acceptors (Lipinski definition) is 6. The van der Waals surface area contributed by atoms with Crippen molar-refractivity contribution in [2.24, 2.45) is 5.92 Å². The number of carbonyl (C=O) groups is 3. The third-order valence-corrected chi connectivity index (χ3v) is 9.17. The van der Waals surface area contributed by atoms with E-state index in [2.05, 4.69) is 16.0 Å². The molecule has 11 heteroatoms. The molecule has 1 aliphatic heterocycles. The molecule has 1 aliphatic rings. The van der Waals surface area contributed by atoms with Crippen molar-refractivity contribution in [2.75, 3.05) is 49.3 Å². The minimum absolute atomic E-state index is 0.193. The van der Waals surface area contributed by atoms with Gasteiger partial charge < -0.3 is 40.3 Å². The van der Waals surface area contributed by atoms with Crippen molar-refractivity contribution in [3.8, 4) is 5.75 Å². The van der Waals surface area contributed by atoms with Crippen molar-refractivity contribution in [3.05, 3.63) is 96.6 Å². The number of nitrogens with zero attached hydrogens (tertiary/aromatic N) is 2. The van der Waals surface area contributed by atoms with Crippen LogP contribution in [0.25, 0.3) is 10.8 Å². The molecule has 5 rings (SSSR count). The number of amides is 5. The Balaban J connectivity index is 1.37. The van der Waals surface area contributed by atoms with Crippen LogP contribution in [0, 0.1) is 5.92 Å². The van der Waals surface area contributed by atoms with Crippen LogP contribution in [0.1, 0.15) is 50.4 Å². The highest BCUT2D eigenvalue weighted by Gasteiger charge is 2.31. The number of anilines is 3. The zero-order chi connectivity index (χ0) is 36.3. The van der Waals surface area contributed by atoms with Crippen LogP contribution in [-0.2, 0) is 4.74 Å². The first kappa shape index (κ1) is 37.1. The molecule has 4 N–H and O–H groups in total. The van der Waals surface area contributed by atoms with E-state index in [1.807, 2.05) is 74.5 Å². The number of aliphatic hydroxyl groups excluding tert-OH is 1. The third kappa shape index (κ3) is 9.99. The molecule has 0 radical (unpaired) electrons. The standard InChI is InChI=1S/C40H49N5O6/c1-27-24-45(28(2)26-46)38(47)34-23-32(42-39(48)41-31-16-6-5-7-17-31)20-21-36(34)51-29(3)13-10-11-22-50-37(27)25-44(4)40(49)43-35-19-12-15-30-14-8-9-18-33(30)35/h5-9,12,14-21,23,27-29,37,46H,10-11,13,22,24-26H2,1-4H3,(H,43,49)(H2,41,42,48)/t27-,28-,29-,37+/m0/s1. The van der Waals surface area contributed by atoms with Gasteiger partial charge in [0, 0.05) is 49.4 Å². The lowest BCUT2D eigenvalue weighted by Gasteiger charge is -2.35. The lowest BCUT2D eigenvalue weighted by molar-refractivity contribution is -0.0115. The molecule has 0 spiro atoms. The maximum absolute atomic E-state index is 14.4. The van der Waals surface area contributed by atoms with Gasteiger partial charge in [-0.1, -0.05) is 61.5 Å². The van der Waals surface area contributed by atoms with E-state index in [0.29, 0.717) is 23.7 Å². The van der Waals surface area contributed by atoms with E-state index in [0.717, 1.165) is 35.7 Å². The van der Waals surface area contributed by atoms with Gasteiger partial charge in [-0.3, -0.25) is 4.79 Å². The fraction of sp³-hybridized carbons (Fsp3) is 0.375. The van der Waals surface area contributed by atoms with Gasteiger partial charge in [0.1, 0.15) is 5.75 Å². The Morgan fingerprint density at radius 3 is 2.43 bits per heavy atom. The molecule has 11 nitrogen and oxygen atoms in total. The molecular formula is C40H49N5O6. The Kier molecular flexibility index (Phi) is 12.9. The van der Waals surface area contributed by atoms with Gasteiger partial charge in [-0.05, 0) is 74.9 Å². The number of rotatable bonds is 7. The smallest absolute Gasteiger partial charge is 0.323 e. The predicted octanol–water partition coefficient (Wildman–Crippen LogP) is 7.44. The van der Waals surface area contributed by atoms with Gasteiger partial charge in [0.2, 0.25) is 0 Å². The summed E-state index contributed by atoms with van der Waals surface area (Å²) in [7, 11) is 1.74. The van der Waals surface area contributed by atoms with E-state index in [1.54, 1.807) is 54.1 Å². The van der Waals surface area contributed by atoms with Crippen molar-refractivity contribution < 1.29 is 29.0 Å². The van der Waals surface area contributed by atoms with Gasteiger partial charge in [0.15, 0.2) is 0 Å². The molecule has 1 heterocycles. The van der Waals surface area contributed by atoms with E-state index >= 15 is 0 Å². The van der Waals surface area contributed by atoms with Crippen LogP contribution in [0.5, 0.6) is 5.75 Å². The van der Waals surface area contributed by atoms with Crippen LogP contribution in [0.2, 0.25) is 0 Å². The second-order valence-corrected chi connectivity index (χ2v) is 13.3. The first-order valence-corrected chi connectivity index (χ1v) is 17.6. The molecule has 5 amide bonds. The number of aliphatic hydroxyl groups is 1. The van der Waals surface area contributed by atoms with Crippen LogP contribution in [0.3, 0.4) is 0 Å². The number of likely N-dealkylation sites (N-methyl/N-ethyl adjacent to an activating group) is 1. The van der Waals surface area contributed by atoms with Gasteiger partial charge in [0.25, 0.3) is 5.91 Å². The highest BCUT2D eigenvalue weighted by atomic mass is 16.5. The molecule has 0 bridgehead atoms. The van der Waals surface area contributed by atoms with Crippen LogP contribution in [0.15, 0.2) is 91.0 Å². The van der Waals surface area contributed by atoms with Crippen molar-refractivity contribution in [1.82, 2.24) is 9.80 Å². The minimum Gasteiger partial charge on any atom is -0.490 e. The van der Waals surface area contributed by atoms with E-state index in [-0.39, 0.29) is 49.2 Å². The zero-order valence-electron chi connectivity index (χ0n) is 29.8. The molecule has 0 saturated carbocycles. The molecule has 0 fully saturated rings. The summed E-state index contributed by atoms with van der Waals surface area (Å²) >= 11 is 0. The summed E-state index contributed by atoms with van der Waals surface area (Å²) in [5.41, 5.74) is 2.04. The van der Waals surface area contributed by atoms with Crippen LogP contribution in [0.4, 0.5) is 26.7 Å². The number of para-hydroxylation sites is 1. The second-order valence-electron chi connectivity index (χ2n) is 13.3. The van der Waals surface area contributed by atoms with Crippen LogP contribution < -0.4 is 20.7 Å². The molecular weight excluding hydrogens is 646 g/mol. The monoisotopic (exact) mass is 695 g/mol. The van der Waals surface area contributed by atoms with Crippen LogP contribution >= 0.6 is 0 Å². The summed E-state index contributed by atoms with van der Waals surface area (Å²) < 4.78 is 12.7. The first-order chi connectivity index (χ1) is 24.6. The highest BCUT2D eigenvalue weighted by Crippen LogP contribution is 2.29. The zero-order valence-corrected chi connectivity index (χ0v) is 29.8. The fourth-order valence-corrected chi connectivity index (χ4v) is 6.18. The summed E-state index contributed by atoms with van der Waals surface area (Å²) in [6.07, 6.45) is 1.78. The second kappa shape index (κ2) is 17.7. The number of hydrogen-bond donors (Lipinski definition) is 4. The topological polar surface area (TPSA) is 132 Å². The molecule has 0 aromatic heterocycles. The van der Waals surface area contributed by atoms with E-state index < -0.39 is 18.2 Å². The molecule has 0 saturated heterocycles. The van der Waals surface area contributed by atoms with Gasteiger partial charge in [-0.25, -0.2) is 9.59 Å². The number of ether oxygens (including phenoxy) is 2. The summed E-state index contributed by atoms with van der Waals surface area (Å²) in [6.45, 7) is 6.48. The molecule has 51 heavy (non-hydrogen) atoms.